The zero-order chi connectivity index (χ0) is 17.6. The van der Waals surface area contributed by atoms with Crippen LogP contribution in [0.15, 0.2) is 65.8 Å². The van der Waals surface area contributed by atoms with Crippen molar-refractivity contribution in [3.63, 3.8) is 0 Å². The Hall–Kier alpha value is -3.15. The van der Waals surface area contributed by atoms with E-state index in [1.54, 1.807) is 25.5 Å². The lowest BCUT2D eigenvalue weighted by Crippen LogP contribution is -2.28. The van der Waals surface area contributed by atoms with E-state index in [9.17, 15) is 9.59 Å². The highest BCUT2D eigenvalue weighted by molar-refractivity contribution is 5.93. The Balaban J connectivity index is 1.57. The van der Waals surface area contributed by atoms with Crippen LogP contribution in [-0.4, -0.2) is 26.6 Å². The van der Waals surface area contributed by atoms with Crippen molar-refractivity contribution in [2.45, 2.75) is 13.0 Å². The lowest BCUT2D eigenvalue weighted by atomic mass is 10.2. The molecule has 1 N–H and O–H groups in total. The van der Waals surface area contributed by atoms with Crippen LogP contribution in [0, 0.1) is 0 Å². The smallest absolute Gasteiger partial charge is 0.251 e. The predicted molar refractivity (Wildman–Crippen MR) is 95.5 cm³/mol. The van der Waals surface area contributed by atoms with Gasteiger partial charge in [0.25, 0.3) is 11.5 Å². The Morgan fingerprint density at radius 3 is 2.72 bits per heavy atom. The second kappa shape index (κ2) is 7.61. The van der Waals surface area contributed by atoms with Crippen molar-refractivity contribution in [2.75, 3.05) is 6.54 Å². The highest BCUT2D eigenvalue weighted by Crippen LogP contribution is 2.06. The summed E-state index contributed by atoms with van der Waals surface area (Å²) >= 11 is 0. The van der Waals surface area contributed by atoms with Gasteiger partial charge in [-0.1, -0.05) is 30.3 Å². The van der Waals surface area contributed by atoms with Gasteiger partial charge in [-0.3, -0.25) is 9.59 Å². The van der Waals surface area contributed by atoms with Gasteiger partial charge in [0.2, 0.25) is 0 Å². The number of imidazole rings is 1. The van der Waals surface area contributed by atoms with E-state index < -0.39 is 0 Å². The van der Waals surface area contributed by atoms with Crippen LogP contribution in [0.25, 0.3) is 0 Å². The van der Waals surface area contributed by atoms with Crippen LogP contribution in [0.5, 0.6) is 0 Å². The fourth-order valence-electron chi connectivity index (χ4n) is 2.57. The van der Waals surface area contributed by atoms with Crippen LogP contribution in [0.2, 0.25) is 0 Å². The number of amides is 1. The number of hydrogen-bond donors (Lipinski definition) is 1. The van der Waals surface area contributed by atoms with E-state index in [0.29, 0.717) is 18.5 Å². The first-order valence-corrected chi connectivity index (χ1v) is 8.12. The van der Waals surface area contributed by atoms with Gasteiger partial charge < -0.3 is 14.5 Å². The summed E-state index contributed by atoms with van der Waals surface area (Å²) in [5.41, 5.74) is 1.37. The third-order valence-corrected chi connectivity index (χ3v) is 4.00. The molecule has 0 radical (unpaired) electrons. The highest BCUT2D eigenvalue weighted by Gasteiger charge is 2.08. The van der Waals surface area contributed by atoms with Gasteiger partial charge in [-0.25, -0.2) is 4.98 Å². The van der Waals surface area contributed by atoms with Crippen LogP contribution >= 0.6 is 0 Å². The first kappa shape index (κ1) is 16.7. The van der Waals surface area contributed by atoms with Crippen LogP contribution in [0.1, 0.15) is 21.7 Å². The quantitative estimate of drug-likeness (QED) is 0.743. The van der Waals surface area contributed by atoms with Gasteiger partial charge in [-0.05, 0) is 11.6 Å². The van der Waals surface area contributed by atoms with Crippen molar-refractivity contribution in [3.8, 4) is 0 Å². The van der Waals surface area contributed by atoms with Crippen molar-refractivity contribution in [1.29, 1.82) is 0 Å². The van der Waals surface area contributed by atoms with Crippen molar-refractivity contribution in [3.05, 3.63) is 88.4 Å². The maximum Gasteiger partial charge on any atom is 0.251 e. The normalized spacial score (nSPS) is 10.6. The Morgan fingerprint density at radius 1 is 1.16 bits per heavy atom. The third-order valence-electron chi connectivity index (χ3n) is 4.00. The number of pyridine rings is 1. The van der Waals surface area contributed by atoms with Gasteiger partial charge in [0.05, 0.1) is 0 Å². The Kier molecular flexibility index (Phi) is 5.09. The van der Waals surface area contributed by atoms with Gasteiger partial charge >= 0.3 is 0 Å². The van der Waals surface area contributed by atoms with Gasteiger partial charge in [-0.15, -0.1) is 0 Å². The number of carbonyl (C=O) groups excluding carboxylic acids is 1. The first-order chi connectivity index (χ1) is 12.1. The molecule has 0 saturated carbocycles. The fraction of sp³-hybridized carbons (Fsp3) is 0.211. The number of aryl methyl sites for hydroxylation is 1. The topological polar surface area (TPSA) is 68.9 Å². The van der Waals surface area contributed by atoms with Crippen molar-refractivity contribution < 1.29 is 4.79 Å². The zero-order valence-corrected chi connectivity index (χ0v) is 14.1. The Labute approximate surface area is 145 Å². The summed E-state index contributed by atoms with van der Waals surface area (Å²) in [6, 6.07) is 13.1. The summed E-state index contributed by atoms with van der Waals surface area (Å²) in [7, 11) is 1.65. The van der Waals surface area contributed by atoms with Crippen LogP contribution < -0.4 is 10.9 Å². The van der Waals surface area contributed by atoms with E-state index in [1.807, 2.05) is 24.4 Å². The fourth-order valence-corrected chi connectivity index (χ4v) is 2.57. The van der Waals surface area contributed by atoms with Crippen LogP contribution in [0.3, 0.4) is 0 Å². The summed E-state index contributed by atoms with van der Waals surface area (Å²) in [6.45, 7) is 1.21. The van der Waals surface area contributed by atoms with Gasteiger partial charge in [0.1, 0.15) is 5.82 Å². The summed E-state index contributed by atoms with van der Waals surface area (Å²) in [4.78, 5) is 28.1. The average molecular weight is 336 g/mol. The standard InChI is InChI=1S/C19H20N4O2/c1-22-11-8-16(13-18(22)24)19(25)21-9-7-17-20-10-12-23(17)14-15-5-3-2-4-6-15/h2-6,8,10-13H,7,9,14H2,1H3,(H,21,25). The minimum atomic E-state index is -0.251. The van der Waals surface area contributed by atoms with E-state index in [2.05, 4.69) is 27.0 Å². The van der Waals surface area contributed by atoms with Crippen molar-refractivity contribution in [2.24, 2.45) is 7.05 Å². The van der Waals surface area contributed by atoms with E-state index in [-0.39, 0.29) is 11.5 Å². The molecule has 6 heteroatoms. The predicted octanol–water partition coefficient (Wildman–Crippen LogP) is 1.60. The monoisotopic (exact) mass is 336 g/mol. The van der Waals surface area contributed by atoms with Crippen molar-refractivity contribution in [1.82, 2.24) is 19.4 Å². The molecule has 0 aliphatic carbocycles. The summed E-state index contributed by atoms with van der Waals surface area (Å²) < 4.78 is 3.50. The lowest BCUT2D eigenvalue weighted by molar-refractivity contribution is 0.0953. The SMILES string of the molecule is Cn1ccc(C(=O)NCCc2nccn2Cc2ccccc2)cc1=O. The molecule has 2 heterocycles. The third kappa shape index (κ3) is 4.23. The molecule has 6 nitrogen and oxygen atoms in total. The molecule has 1 amide bonds. The number of benzene rings is 1. The molecule has 0 aliphatic heterocycles. The Morgan fingerprint density at radius 2 is 1.96 bits per heavy atom. The molecule has 128 valence electrons. The zero-order valence-electron chi connectivity index (χ0n) is 14.1. The molecule has 1 aromatic carbocycles. The van der Waals surface area contributed by atoms with E-state index >= 15 is 0 Å². The minimum absolute atomic E-state index is 0.203. The number of nitrogens with zero attached hydrogens (tertiary/aromatic N) is 3. The molecule has 0 atom stereocenters. The van der Waals surface area contributed by atoms with Crippen LogP contribution in [-0.2, 0) is 20.0 Å². The molecule has 0 spiro atoms. The molecule has 0 bridgehead atoms. The number of rotatable bonds is 6. The Bertz CT molecular complexity index is 912. The molecule has 0 saturated heterocycles. The largest absolute Gasteiger partial charge is 0.352 e. The maximum absolute atomic E-state index is 12.1. The molecule has 3 aromatic rings. The maximum atomic E-state index is 12.1. The van der Waals surface area contributed by atoms with E-state index in [4.69, 9.17) is 0 Å². The molecule has 0 aliphatic rings. The average Bonchev–Trinajstić information content (AvgIpc) is 3.05. The minimum Gasteiger partial charge on any atom is -0.352 e. The molecule has 0 fully saturated rings. The second-order valence-corrected chi connectivity index (χ2v) is 5.83. The molecule has 2 aromatic heterocycles. The summed E-state index contributed by atoms with van der Waals surface area (Å²) in [6.07, 6.45) is 5.91. The molecule has 3 rings (SSSR count). The van der Waals surface area contributed by atoms with E-state index in [1.165, 1.54) is 16.2 Å². The van der Waals surface area contributed by atoms with Crippen molar-refractivity contribution >= 4 is 5.91 Å². The van der Waals surface area contributed by atoms with Gasteiger partial charge in [0.15, 0.2) is 0 Å². The first-order valence-electron chi connectivity index (χ1n) is 8.12. The van der Waals surface area contributed by atoms with Gasteiger partial charge in [-0.2, -0.15) is 0 Å². The highest BCUT2D eigenvalue weighted by atomic mass is 16.2. The molecule has 25 heavy (non-hydrogen) atoms. The van der Waals surface area contributed by atoms with Crippen LogP contribution in [0.4, 0.5) is 0 Å². The number of aromatic nitrogens is 3. The van der Waals surface area contributed by atoms with Gasteiger partial charge in [0, 0.05) is 56.8 Å². The molecular weight excluding hydrogens is 316 g/mol. The summed E-state index contributed by atoms with van der Waals surface area (Å²) in [5.74, 6) is 0.659. The van der Waals surface area contributed by atoms with E-state index in [0.717, 1.165) is 12.4 Å². The molecule has 0 unspecified atom stereocenters. The summed E-state index contributed by atoms with van der Waals surface area (Å²) in [5, 5.41) is 2.83. The number of carbonyl (C=O) groups is 1. The number of nitrogens with one attached hydrogen (secondary N) is 1. The number of hydrogen-bond acceptors (Lipinski definition) is 3. The lowest BCUT2D eigenvalue weighted by Gasteiger charge is -2.09. The second-order valence-electron chi connectivity index (χ2n) is 5.83. The molecular formula is C19H20N4O2.